The van der Waals surface area contributed by atoms with Crippen molar-refractivity contribution >= 4 is 46.8 Å². The third-order valence-corrected chi connectivity index (χ3v) is 5.58. The molecule has 1 aliphatic rings. The van der Waals surface area contributed by atoms with Crippen molar-refractivity contribution in [3.05, 3.63) is 28.2 Å². The van der Waals surface area contributed by atoms with Crippen LogP contribution in [0.5, 0.6) is 0 Å². The Morgan fingerprint density at radius 1 is 1.13 bits per heavy atom. The van der Waals surface area contributed by atoms with Gasteiger partial charge < -0.3 is 0 Å². The zero-order chi connectivity index (χ0) is 16.7. The van der Waals surface area contributed by atoms with Gasteiger partial charge in [-0.25, -0.2) is 0 Å². The van der Waals surface area contributed by atoms with E-state index < -0.39 is 0 Å². The Kier molecular flexibility index (Phi) is 7.53. The number of halogens is 2. The van der Waals surface area contributed by atoms with Gasteiger partial charge in [-0.3, -0.25) is 20.4 Å². The van der Waals surface area contributed by atoms with Crippen LogP contribution in [-0.2, 0) is 9.59 Å². The van der Waals surface area contributed by atoms with Crippen molar-refractivity contribution in [2.45, 2.75) is 43.4 Å². The second kappa shape index (κ2) is 9.40. The number of nitrogens with one attached hydrogen (secondary N) is 2. The molecule has 0 heterocycles. The lowest BCUT2D eigenvalue weighted by Gasteiger charge is -2.10. The van der Waals surface area contributed by atoms with Gasteiger partial charge in [0.2, 0.25) is 11.8 Å². The highest BCUT2D eigenvalue weighted by Crippen LogP contribution is 2.30. The summed E-state index contributed by atoms with van der Waals surface area (Å²) in [7, 11) is 0. The van der Waals surface area contributed by atoms with Crippen LogP contribution in [0.2, 0.25) is 10.0 Å². The fourth-order valence-corrected chi connectivity index (χ4v) is 3.90. The van der Waals surface area contributed by atoms with Crippen molar-refractivity contribution in [1.82, 2.24) is 10.9 Å². The van der Waals surface area contributed by atoms with Crippen LogP contribution in [0.25, 0.3) is 0 Å². The molecular weight excluding hydrogens is 355 g/mol. The lowest BCUT2D eigenvalue weighted by atomic mass is 10.0. The van der Waals surface area contributed by atoms with Gasteiger partial charge in [0.05, 0.1) is 10.8 Å². The number of rotatable bonds is 6. The van der Waals surface area contributed by atoms with Gasteiger partial charge in [-0.2, -0.15) is 0 Å². The minimum Gasteiger partial charge on any atom is -0.273 e. The molecule has 7 heteroatoms. The summed E-state index contributed by atoms with van der Waals surface area (Å²) < 4.78 is 0. The SMILES string of the molecule is O=C(CCC1CCCC1)NNC(=O)CSc1cc(Cl)ccc1Cl. The van der Waals surface area contributed by atoms with Gasteiger partial charge >= 0.3 is 0 Å². The minimum atomic E-state index is -0.278. The molecule has 0 unspecified atom stereocenters. The topological polar surface area (TPSA) is 58.2 Å². The first-order valence-corrected chi connectivity index (χ1v) is 9.44. The highest BCUT2D eigenvalue weighted by Gasteiger charge is 2.16. The Morgan fingerprint density at radius 3 is 2.57 bits per heavy atom. The number of hydrazine groups is 1. The molecule has 0 radical (unpaired) electrons. The normalized spacial score (nSPS) is 14.7. The third-order valence-electron chi connectivity index (χ3n) is 3.85. The van der Waals surface area contributed by atoms with E-state index in [1.54, 1.807) is 18.2 Å². The summed E-state index contributed by atoms with van der Waals surface area (Å²) in [6, 6.07) is 5.09. The van der Waals surface area contributed by atoms with Crippen LogP contribution >= 0.6 is 35.0 Å². The molecule has 1 saturated carbocycles. The van der Waals surface area contributed by atoms with Crippen molar-refractivity contribution < 1.29 is 9.59 Å². The van der Waals surface area contributed by atoms with Gasteiger partial charge in [-0.1, -0.05) is 48.9 Å². The average Bonchev–Trinajstić information content (AvgIpc) is 3.05. The van der Waals surface area contributed by atoms with Crippen molar-refractivity contribution in [3.63, 3.8) is 0 Å². The van der Waals surface area contributed by atoms with Crippen LogP contribution in [-0.4, -0.2) is 17.6 Å². The fraction of sp³-hybridized carbons (Fsp3) is 0.500. The van der Waals surface area contributed by atoms with E-state index in [1.807, 2.05) is 0 Å². The highest BCUT2D eigenvalue weighted by molar-refractivity contribution is 8.00. The van der Waals surface area contributed by atoms with E-state index in [0.717, 1.165) is 11.3 Å². The lowest BCUT2D eigenvalue weighted by molar-refractivity contribution is -0.127. The number of hydrogen-bond donors (Lipinski definition) is 2. The second-order valence-corrected chi connectivity index (χ2v) is 7.51. The van der Waals surface area contributed by atoms with Gasteiger partial charge in [0, 0.05) is 16.3 Å². The molecule has 1 aliphatic carbocycles. The van der Waals surface area contributed by atoms with E-state index in [0.29, 0.717) is 22.4 Å². The first-order chi connectivity index (χ1) is 11.0. The fourth-order valence-electron chi connectivity index (χ4n) is 2.60. The predicted octanol–water partition coefficient (Wildman–Crippen LogP) is 4.20. The Bertz CT molecular complexity index is 563. The third kappa shape index (κ3) is 6.61. The summed E-state index contributed by atoms with van der Waals surface area (Å²) in [5.41, 5.74) is 4.88. The van der Waals surface area contributed by atoms with E-state index in [1.165, 1.54) is 37.4 Å². The van der Waals surface area contributed by atoms with Gasteiger partial charge in [0.1, 0.15) is 0 Å². The highest BCUT2D eigenvalue weighted by atomic mass is 35.5. The Morgan fingerprint density at radius 2 is 1.83 bits per heavy atom. The Hall–Kier alpha value is -0.910. The largest absolute Gasteiger partial charge is 0.273 e. The second-order valence-electron chi connectivity index (χ2n) is 5.65. The average molecular weight is 375 g/mol. The number of carbonyl (C=O) groups is 2. The molecule has 2 amide bonds. The standard InChI is InChI=1S/C16H20Cl2N2O2S/c17-12-6-7-13(18)14(9-12)23-10-16(22)20-19-15(21)8-5-11-3-1-2-4-11/h6-7,9,11H,1-5,8,10H2,(H,19,21)(H,20,22). The summed E-state index contributed by atoms with van der Waals surface area (Å²) in [5, 5.41) is 1.12. The molecule has 2 rings (SSSR count). The molecule has 0 bridgehead atoms. The molecule has 0 saturated heterocycles. The number of hydrogen-bond acceptors (Lipinski definition) is 3. The molecule has 1 aromatic rings. The van der Waals surface area contributed by atoms with Crippen molar-refractivity contribution in [1.29, 1.82) is 0 Å². The van der Waals surface area contributed by atoms with Crippen LogP contribution in [0.15, 0.2) is 23.1 Å². The monoisotopic (exact) mass is 374 g/mol. The first-order valence-electron chi connectivity index (χ1n) is 7.70. The van der Waals surface area contributed by atoms with E-state index in [9.17, 15) is 9.59 Å². The Balaban J connectivity index is 1.64. The molecule has 23 heavy (non-hydrogen) atoms. The molecular formula is C16H20Cl2N2O2S. The number of carbonyl (C=O) groups excluding carboxylic acids is 2. The summed E-state index contributed by atoms with van der Waals surface area (Å²) in [6.45, 7) is 0. The van der Waals surface area contributed by atoms with Crippen LogP contribution in [0.1, 0.15) is 38.5 Å². The van der Waals surface area contributed by atoms with Crippen molar-refractivity contribution in [2.24, 2.45) is 5.92 Å². The summed E-state index contributed by atoms with van der Waals surface area (Å²) in [5.74, 6) is 0.399. The minimum absolute atomic E-state index is 0.143. The molecule has 0 aromatic heterocycles. The number of thioether (sulfide) groups is 1. The predicted molar refractivity (Wildman–Crippen MR) is 94.7 cm³/mol. The maximum Gasteiger partial charge on any atom is 0.248 e. The molecule has 0 atom stereocenters. The Labute approximate surface area is 150 Å². The van der Waals surface area contributed by atoms with Crippen LogP contribution in [0, 0.1) is 5.92 Å². The quantitative estimate of drug-likeness (QED) is 0.579. The van der Waals surface area contributed by atoms with Gasteiger partial charge in [0.25, 0.3) is 0 Å². The molecule has 2 N–H and O–H groups in total. The molecule has 1 fully saturated rings. The summed E-state index contributed by atoms with van der Waals surface area (Å²) in [6.07, 6.45) is 6.33. The van der Waals surface area contributed by atoms with E-state index >= 15 is 0 Å². The van der Waals surface area contributed by atoms with Gasteiger partial charge in [-0.05, 0) is 30.5 Å². The lowest BCUT2D eigenvalue weighted by Crippen LogP contribution is -2.42. The van der Waals surface area contributed by atoms with E-state index in [2.05, 4.69) is 10.9 Å². The zero-order valence-electron chi connectivity index (χ0n) is 12.7. The first kappa shape index (κ1) is 18.4. The van der Waals surface area contributed by atoms with E-state index in [4.69, 9.17) is 23.2 Å². The van der Waals surface area contributed by atoms with Crippen LogP contribution in [0.4, 0.5) is 0 Å². The number of amides is 2. The van der Waals surface area contributed by atoms with Crippen molar-refractivity contribution in [2.75, 3.05) is 5.75 Å². The molecule has 0 aliphatic heterocycles. The molecule has 0 spiro atoms. The summed E-state index contributed by atoms with van der Waals surface area (Å²) in [4.78, 5) is 24.2. The molecule has 4 nitrogen and oxygen atoms in total. The summed E-state index contributed by atoms with van der Waals surface area (Å²) >= 11 is 13.2. The number of benzene rings is 1. The molecule has 126 valence electrons. The van der Waals surface area contributed by atoms with Crippen LogP contribution < -0.4 is 10.9 Å². The maximum atomic E-state index is 11.8. The van der Waals surface area contributed by atoms with Crippen molar-refractivity contribution in [3.8, 4) is 0 Å². The van der Waals surface area contributed by atoms with Crippen LogP contribution in [0.3, 0.4) is 0 Å². The van der Waals surface area contributed by atoms with Gasteiger partial charge in [-0.15, -0.1) is 11.8 Å². The van der Waals surface area contributed by atoms with Gasteiger partial charge in [0.15, 0.2) is 0 Å². The molecule has 1 aromatic carbocycles. The smallest absolute Gasteiger partial charge is 0.248 e. The zero-order valence-corrected chi connectivity index (χ0v) is 15.1. The maximum absolute atomic E-state index is 11.8. The van der Waals surface area contributed by atoms with E-state index in [-0.39, 0.29) is 17.6 Å².